The first-order valence-corrected chi connectivity index (χ1v) is 11.6. The molecule has 2 aliphatic heterocycles. The zero-order chi connectivity index (χ0) is 24.4. The molecule has 3 aromatic rings. The number of rotatable bonds is 6. The lowest BCUT2D eigenvalue weighted by molar-refractivity contribution is 0.101. The molecular formula is C28H28N2O5. The van der Waals surface area contributed by atoms with Gasteiger partial charge >= 0.3 is 0 Å². The topological polar surface area (TPSA) is 71.5 Å². The molecule has 0 unspecified atom stereocenters. The normalized spacial score (nSPS) is 16.8. The van der Waals surface area contributed by atoms with Crippen LogP contribution < -0.4 is 19.1 Å². The van der Waals surface area contributed by atoms with Crippen molar-refractivity contribution in [3.63, 3.8) is 0 Å². The number of fused-ring (bicyclic) bond motifs is 1. The first-order valence-electron chi connectivity index (χ1n) is 11.6. The Bertz CT molecular complexity index is 1260. The molecule has 0 aromatic heterocycles. The average molecular weight is 473 g/mol. The summed E-state index contributed by atoms with van der Waals surface area (Å²) in [6.45, 7) is 3.97. The SMILES string of the molecule is COc1cccc(/C=C2\Oc3c(ccc(O)c3CN3CCN(c4ccccc4)CC3)C2=O)c1OC. The number of para-hydroxylation sites is 2. The highest BCUT2D eigenvalue weighted by atomic mass is 16.5. The molecule has 0 spiro atoms. The summed E-state index contributed by atoms with van der Waals surface area (Å²) >= 11 is 0. The van der Waals surface area contributed by atoms with Crippen LogP contribution in [0.5, 0.6) is 23.0 Å². The number of phenolic OH excluding ortho intramolecular Hbond substituents is 1. The molecule has 7 nitrogen and oxygen atoms in total. The molecule has 2 aliphatic rings. The van der Waals surface area contributed by atoms with Crippen molar-refractivity contribution in [2.24, 2.45) is 0 Å². The van der Waals surface area contributed by atoms with Crippen molar-refractivity contribution in [3.8, 4) is 23.0 Å². The van der Waals surface area contributed by atoms with Gasteiger partial charge in [0.15, 0.2) is 17.3 Å². The van der Waals surface area contributed by atoms with Gasteiger partial charge in [0.2, 0.25) is 5.78 Å². The second kappa shape index (κ2) is 9.72. The highest BCUT2D eigenvalue weighted by Gasteiger charge is 2.32. The smallest absolute Gasteiger partial charge is 0.231 e. The van der Waals surface area contributed by atoms with Crippen molar-refractivity contribution in [3.05, 3.63) is 83.1 Å². The first kappa shape index (κ1) is 22.8. The molecular weight excluding hydrogens is 444 g/mol. The number of phenols is 1. The van der Waals surface area contributed by atoms with Gasteiger partial charge in [0.1, 0.15) is 11.5 Å². The summed E-state index contributed by atoms with van der Waals surface area (Å²) in [5.41, 5.74) is 2.97. The van der Waals surface area contributed by atoms with Crippen LogP contribution in [0.4, 0.5) is 5.69 Å². The zero-order valence-electron chi connectivity index (χ0n) is 19.9. The molecule has 180 valence electrons. The van der Waals surface area contributed by atoms with Crippen molar-refractivity contribution >= 4 is 17.5 Å². The minimum Gasteiger partial charge on any atom is -0.507 e. The Hall–Kier alpha value is -3.97. The lowest BCUT2D eigenvalue weighted by Crippen LogP contribution is -2.46. The third-order valence-electron chi connectivity index (χ3n) is 6.51. The number of allylic oxidation sites excluding steroid dienone is 1. The largest absolute Gasteiger partial charge is 0.507 e. The number of piperazine rings is 1. The number of ether oxygens (including phenoxy) is 3. The Morgan fingerprint density at radius 2 is 1.71 bits per heavy atom. The van der Waals surface area contributed by atoms with Crippen molar-refractivity contribution in [1.29, 1.82) is 0 Å². The number of Topliss-reactive ketones (excluding diaryl/α,β-unsaturated/α-hetero) is 1. The van der Waals surface area contributed by atoms with Gasteiger partial charge in [-0.3, -0.25) is 9.69 Å². The van der Waals surface area contributed by atoms with Gasteiger partial charge in [-0.05, 0) is 36.4 Å². The Balaban J connectivity index is 1.36. The number of methoxy groups -OCH3 is 2. The average Bonchev–Trinajstić information content (AvgIpc) is 3.21. The summed E-state index contributed by atoms with van der Waals surface area (Å²) in [5, 5.41) is 10.7. The van der Waals surface area contributed by atoms with Gasteiger partial charge in [0, 0.05) is 44.0 Å². The van der Waals surface area contributed by atoms with E-state index in [4.69, 9.17) is 14.2 Å². The van der Waals surface area contributed by atoms with Crippen molar-refractivity contribution < 1.29 is 24.1 Å². The maximum Gasteiger partial charge on any atom is 0.231 e. The zero-order valence-corrected chi connectivity index (χ0v) is 19.9. The highest BCUT2D eigenvalue weighted by Crippen LogP contribution is 2.41. The molecule has 1 saturated heterocycles. The Labute approximate surface area is 204 Å². The van der Waals surface area contributed by atoms with Crippen LogP contribution in [-0.4, -0.2) is 56.2 Å². The fourth-order valence-electron chi connectivity index (χ4n) is 4.64. The van der Waals surface area contributed by atoms with Gasteiger partial charge in [0.05, 0.1) is 25.3 Å². The predicted molar refractivity (Wildman–Crippen MR) is 135 cm³/mol. The molecule has 0 radical (unpaired) electrons. The minimum absolute atomic E-state index is 0.127. The van der Waals surface area contributed by atoms with Crippen molar-refractivity contribution in [2.45, 2.75) is 6.54 Å². The van der Waals surface area contributed by atoms with Crippen LogP contribution in [0.3, 0.4) is 0 Å². The lowest BCUT2D eigenvalue weighted by atomic mass is 10.0. The number of carbonyl (C=O) groups is 1. The van der Waals surface area contributed by atoms with Crippen LogP contribution in [0.15, 0.2) is 66.4 Å². The monoisotopic (exact) mass is 472 g/mol. The lowest BCUT2D eigenvalue weighted by Gasteiger charge is -2.36. The van der Waals surface area contributed by atoms with E-state index in [1.165, 1.54) is 5.69 Å². The Kier molecular flexibility index (Phi) is 6.33. The van der Waals surface area contributed by atoms with E-state index in [2.05, 4.69) is 21.9 Å². The molecule has 0 saturated carbocycles. The maximum absolute atomic E-state index is 13.1. The van der Waals surface area contributed by atoms with E-state index in [0.29, 0.717) is 40.5 Å². The molecule has 5 rings (SSSR count). The third-order valence-corrected chi connectivity index (χ3v) is 6.51. The third kappa shape index (κ3) is 4.42. The fourth-order valence-corrected chi connectivity index (χ4v) is 4.64. The van der Waals surface area contributed by atoms with E-state index in [1.807, 2.05) is 30.3 Å². The number of aromatic hydroxyl groups is 1. The summed E-state index contributed by atoms with van der Waals surface area (Å²) in [6, 6.07) is 19.0. The Morgan fingerprint density at radius 3 is 2.43 bits per heavy atom. The standard InChI is InChI=1S/C28H28N2O5/c1-33-24-10-6-7-19(27(24)34-2)17-25-26(32)21-11-12-23(31)22(28(21)35-25)18-29-13-15-30(16-14-29)20-8-4-3-5-9-20/h3-12,17,31H,13-16,18H2,1-2H3/b25-17-. The van der Waals surface area contributed by atoms with E-state index in [-0.39, 0.29) is 17.3 Å². The molecule has 3 aromatic carbocycles. The summed E-state index contributed by atoms with van der Waals surface area (Å²) in [5.74, 6) is 1.61. The Morgan fingerprint density at radius 1 is 0.943 bits per heavy atom. The highest BCUT2D eigenvalue weighted by molar-refractivity contribution is 6.15. The van der Waals surface area contributed by atoms with E-state index in [9.17, 15) is 9.90 Å². The summed E-state index contributed by atoms with van der Waals surface area (Å²) in [4.78, 5) is 17.8. The molecule has 0 amide bonds. The quantitative estimate of drug-likeness (QED) is 0.535. The molecule has 0 atom stereocenters. The van der Waals surface area contributed by atoms with Crippen LogP contribution in [0.25, 0.3) is 6.08 Å². The predicted octanol–water partition coefficient (Wildman–Crippen LogP) is 4.35. The summed E-state index contributed by atoms with van der Waals surface area (Å²) in [7, 11) is 3.12. The molecule has 1 N–H and O–H groups in total. The summed E-state index contributed by atoms with van der Waals surface area (Å²) < 4.78 is 16.9. The second-order valence-corrected chi connectivity index (χ2v) is 8.56. The number of hydrogen-bond acceptors (Lipinski definition) is 7. The van der Waals surface area contributed by atoms with Gasteiger partial charge in [-0.15, -0.1) is 0 Å². The van der Waals surface area contributed by atoms with E-state index < -0.39 is 0 Å². The number of carbonyl (C=O) groups excluding carboxylic acids is 1. The van der Waals surface area contributed by atoms with Gasteiger partial charge < -0.3 is 24.2 Å². The maximum atomic E-state index is 13.1. The van der Waals surface area contributed by atoms with E-state index in [0.717, 1.165) is 26.2 Å². The van der Waals surface area contributed by atoms with Crippen LogP contribution in [-0.2, 0) is 6.54 Å². The van der Waals surface area contributed by atoms with Crippen LogP contribution in [0.1, 0.15) is 21.5 Å². The number of ketones is 1. The van der Waals surface area contributed by atoms with Gasteiger partial charge in [-0.2, -0.15) is 0 Å². The van der Waals surface area contributed by atoms with E-state index in [1.54, 1.807) is 38.5 Å². The molecule has 2 heterocycles. The number of hydrogen-bond donors (Lipinski definition) is 1. The minimum atomic E-state index is -0.222. The van der Waals surface area contributed by atoms with Crippen LogP contribution >= 0.6 is 0 Å². The molecule has 35 heavy (non-hydrogen) atoms. The van der Waals surface area contributed by atoms with Crippen molar-refractivity contribution in [2.75, 3.05) is 45.3 Å². The molecule has 7 heteroatoms. The summed E-state index contributed by atoms with van der Waals surface area (Å²) in [6.07, 6.45) is 1.66. The first-order chi connectivity index (χ1) is 17.1. The molecule has 0 aliphatic carbocycles. The molecule has 0 bridgehead atoms. The fraction of sp³-hybridized carbons (Fsp3) is 0.250. The van der Waals surface area contributed by atoms with Gasteiger partial charge in [-0.25, -0.2) is 0 Å². The van der Waals surface area contributed by atoms with Crippen LogP contribution in [0, 0.1) is 0 Å². The van der Waals surface area contributed by atoms with E-state index >= 15 is 0 Å². The number of anilines is 1. The van der Waals surface area contributed by atoms with Crippen LogP contribution in [0.2, 0.25) is 0 Å². The number of benzene rings is 3. The van der Waals surface area contributed by atoms with Gasteiger partial charge in [0.25, 0.3) is 0 Å². The number of nitrogens with zero attached hydrogens (tertiary/aromatic N) is 2. The second-order valence-electron chi connectivity index (χ2n) is 8.56. The van der Waals surface area contributed by atoms with Crippen molar-refractivity contribution in [1.82, 2.24) is 4.90 Å². The molecule has 1 fully saturated rings. The van der Waals surface area contributed by atoms with Gasteiger partial charge in [-0.1, -0.05) is 30.3 Å².